The Morgan fingerprint density at radius 1 is 1.08 bits per heavy atom. The lowest BCUT2D eigenvalue weighted by Gasteiger charge is -2.15. The molecule has 0 aliphatic heterocycles. The summed E-state index contributed by atoms with van der Waals surface area (Å²) in [5.74, 6) is -0.255. The minimum Gasteiger partial charge on any atom is -0.338 e. The Bertz CT molecular complexity index is 566. The Labute approximate surface area is 153 Å². The molecule has 1 aromatic rings. The van der Waals surface area contributed by atoms with E-state index in [9.17, 15) is 9.59 Å². The summed E-state index contributed by atoms with van der Waals surface area (Å²) >= 11 is 3.06. The predicted octanol–water partition coefficient (Wildman–Crippen LogP) is 4.04. The van der Waals surface area contributed by atoms with Gasteiger partial charge in [-0.05, 0) is 36.8 Å². The van der Waals surface area contributed by atoms with E-state index in [4.69, 9.17) is 0 Å². The molecule has 1 aromatic carbocycles. The quantitative estimate of drug-likeness (QED) is 0.538. The summed E-state index contributed by atoms with van der Waals surface area (Å²) in [6.07, 6.45) is 5.60. The highest BCUT2D eigenvalue weighted by Crippen LogP contribution is 2.31. The predicted molar refractivity (Wildman–Crippen MR) is 105 cm³/mol. The van der Waals surface area contributed by atoms with Crippen molar-refractivity contribution < 1.29 is 9.59 Å². The Morgan fingerprint density at radius 3 is 2.25 bits per heavy atom. The van der Waals surface area contributed by atoms with Gasteiger partial charge in [0.15, 0.2) is 0 Å². The highest BCUT2D eigenvalue weighted by Gasteiger charge is 2.20. The van der Waals surface area contributed by atoms with Crippen molar-refractivity contribution in [1.29, 1.82) is 0 Å². The van der Waals surface area contributed by atoms with Crippen LogP contribution in [0, 0.1) is 5.92 Å². The van der Waals surface area contributed by atoms with Crippen molar-refractivity contribution in [3.05, 3.63) is 45.7 Å². The van der Waals surface area contributed by atoms with E-state index in [1.807, 2.05) is 44.6 Å². The van der Waals surface area contributed by atoms with Crippen LogP contribution in [0.5, 0.6) is 0 Å². The van der Waals surface area contributed by atoms with Crippen molar-refractivity contribution >= 4 is 35.5 Å². The van der Waals surface area contributed by atoms with Crippen LogP contribution in [-0.4, -0.2) is 31.0 Å². The van der Waals surface area contributed by atoms with E-state index < -0.39 is 6.03 Å². The van der Waals surface area contributed by atoms with Crippen LogP contribution in [0.1, 0.15) is 25.8 Å². The lowest BCUT2D eigenvalue weighted by atomic mass is 10.0. The molecule has 6 heteroatoms. The summed E-state index contributed by atoms with van der Waals surface area (Å²) in [4.78, 5) is 24.3. The lowest BCUT2D eigenvalue weighted by molar-refractivity contribution is -0.116. The Balaban J connectivity index is 2.45. The summed E-state index contributed by atoms with van der Waals surface area (Å²) in [7, 11) is 0. The Morgan fingerprint density at radius 2 is 1.71 bits per heavy atom. The smallest absolute Gasteiger partial charge is 0.321 e. The van der Waals surface area contributed by atoms with Crippen molar-refractivity contribution in [3.63, 3.8) is 0 Å². The number of hydrogen-bond acceptors (Lipinski definition) is 4. The van der Waals surface area contributed by atoms with E-state index >= 15 is 0 Å². The molecule has 0 heterocycles. The van der Waals surface area contributed by atoms with Gasteiger partial charge in [-0.25, -0.2) is 4.79 Å². The van der Waals surface area contributed by atoms with E-state index in [0.717, 1.165) is 17.1 Å². The summed E-state index contributed by atoms with van der Waals surface area (Å²) in [6.45, 7) is 4.45. The normalized spacial score (nSPS) is 10.4. The second-order valence-electron chi connectivity index (χ2n) is 5.56. The summed E-state index contributed by atoms with van der Waals surface area (Å²) in [5, 5.41) is 5.18. The van der Waals surface area contributed by atoms with E-state index in [2.05, 4.69) is 22.8 Å². The molecule has 0 aliphatic rings. The first-order valence-electron chi connectivity index (χ1n) is 7.94. The summed E-state index contributed by atoms with van der Waals surface area (Å²) in [6, 6.07) is 9.68. The lowest BCUT2D eigenvalue weighted by Crippen LogP contribution is -2.41. The zero-order valence-corrected chi connectivity index (χ0v) is 16.4. The second kappa shape index (κ2) is 11.2. The van der Waals surface area contributed by atoms with Gasteiger partial charge in [0.1, 0.15) is 0 Å². The number of aryl methyl sites for hydroxylation is 1. The summed E-state index contributed by atoms with van der Waals surface area (Å²) < 4.78 is 0.944. The van der Waals surface area contributed by atoms with Gasteiger partial charge in [-0.15, -0.1) is 23.5 Å². The number of carbonyl (C=O) groups is 2. The molecule has 0 fully saturated rings. The molecular formula is C18H26N2O2S2. The van der Waals surface area contributed by atoms with E-state index in [-0.39, 0.29) is 11.8 Å². The molecule has 4 nitrogen and oxygen atoms in total. The maximum atomic E-state index is 12.4. The fraction of sp³-hybridized carbons (Fsp3) is 0.444. The molecule has 1 rings (SSSR count). The van der Waals surface area contributed by atoms with Gasteiger partial charge in [0.05, 0.1) is 0 Å². The van der Waals surface area contributed by atoms with Crippen LogP contribution in [0.3, 0.4) is 0 Å². The van der Waals surface area contributed by atoms with E-state index in [0.29, 0.717) is 12.1 Å². The summed E-state index contributed by atoms with van der Waals surface area (Å²) in [5.41, 5.74) is 1.90. The van der Waals surface area contributed by atoms with Crippen LogP contribution in [0.2, 0.25) is 0 Å². The maximum absolute atomic E-state index is 12.4. The fourth-order valence-corrected chi connectivity index (χ4v) is 4.01. The molecule has 0 radical (unpaired) electrons. The highest BCUT2D eigenvalue weighted by molar-refractivity contribution is 8.21. The van der Waals surface area contributed by atoms with Crippen molar-refractivity contribution in [2.24, 2.45) is 5.92 Å². The van der Waals surface area contributed by atoms with E-state index in [1.54, 1.807) is 0 Å². The van der Waals surface area contributed by atoms with Crippen LogP contribution in [-0.2, 0) is 11.2 Å². The average Bonchev–Trinajstić information content (AvgIpc) is 2.56. The molecular weight excluding hydrogens is 340 g/mol. The molecule has 0 aromatic heterocycles. The average molecular weight is 367 g/mol. The number of amides is 3. The molecule has 0 spiro atoms. The number of nitrogens with one attached hydrogen (secondary N) is 2. The van der Waals surface area contributed by atoms with Gasteiger partial charge in [0, 0.05) is 16.4 Å². The van der Waals surface area contributed by atoms with Crippen molar-refractivity contribution in [3.8, 4) is 0 Å². The third-order valence-electron chi connectivity index (χ3n) is 3.41. The van der Waals surface area contributed by atoms with Gasteiger partial charge in [-0.1, -0.05) is 44.2 Å². The number of carbonyl (C=O) groups excluding carboxylic acids is 2. The van der Waals surface area contributed by atoms with Gasteiger partial charge in [-0.3, -0.25) is 10.1 Å². The van der Waals surface area contributed by atoms with Gasteiger partial charge in [0.2, 0.25) is 0 Å². The minimum atomic E-state index is -0.437. The van der Waals surface area contributed by atoms with Crippen LogP contribution >= 0.6 is 23.5 Å². The van der Waals surface area contributed by atoms with E-state index in [1.165, 1.54) is 29.1 Å². The van der Waals surface area contributed by atoms with Gasteiger partial charge >= 0.3 is 6.03 Å². The molecule has 24 heavy (non-hydrogen) atoms. The number of imide groups is 1. The number of thioether (sulfide) groups is 2. The van der Waals surface area contributed by atoms with Crippen LogP contribution in [0.25, 0.3) is 0 Å². The standard InChI is InChI=1S/C18H26N2O2S2/c1-13(2)15(17(23-3)24-4)16(21)20-18(22)19-12-8-11-14-9-6-5-7-10-14/h5-7,9-10,13H,8,11-12H2,1-4H3,(H2,19,20,21,22). The molecule has 0 atom stereocenters. The largest absolute Gasteiger partial charge is 0.338 e. The third-order valence-corrected chi connectivity index (χ3v) is 5.59. The molecule has 3 amide bonds. The Kier molecular flexibility index (Phi) is 9.64. The fourth-order valence-electron chi connectivity index (χ4n) is 2.25. The van der Waals surface area contributed by atoms with Crippen molar-refractivity contribution in [2.45, 2.75) is 26.7 Å². The zero-order valence-electron chi connectivity index (χ0n) is 14.7. The molecule has 0 aliphatic carbocycles. The first kappa shape index (κ1) is 20.6. The number of rotatable bonds is 8. The van der Waals surface area contributed by atoms with Crippen LogP contribution in [0.15, 0.2) is 40.1 Å². The van der Waals surface area contributed by atoms with Gasteiger partial charge in [-0.2, -0.15) is 0 Å². The van der Waals surface area contributed by atoms with Crippen LogP contribution < -0.4 is 10.6 Å². The topological polar surface area (TPSA) is 58.2 Å². The number of benzene rings is 1. The zero-order chi connectivity index (χ0) is 17.9. The van der Waals surface area contributed by atoms with Gasteiger partial charge in [0.25, 0.3) is 5.91 Å². The number of hydrogen-bond donors (Lipinski definition) is 2. The minimum absolute atomic E-state index is 0.0609. The molecule has 0 saturated carbocycles. The van der Waals surface area contributed by atoms with Gasteiger partial charge < -0.3 is 5.32 Å². The monoisotopic (exact) mass is 366 g/mol. The maximum Gasteiger partial charge on any atom is 0.321 e. The second-order valence-corrected chi connectivity index (χ2v) is 7.45. The molecule has 132 valence electrons. The SMILES string of the molecule is CSC(SC)=C(C(=O)NC(=O)NCCCc1ccccc1)C(C)C. The van der Waals surface area contributed by atoms with Crippen molar-refractivity contribution in [2.75, 3.05) is 19.1 Å². The molecule has 0 unspecified atom stereocenters. The number of urea groups is 1. The first-order valence-corrected chi connectivity index (χ1v) is 10.4. The molecule has 0 saturated heterocycles. The first-order chi connectivity index (χ1) is 11.5. The third kappa shape index (κ3) is 7.01. The Hall–Kier alpha value is -1.40. The molecule has 0 bridgehead atoms. The van der Waals surface area contributed by atoms with Crippen LogP contribution in [0.4, 0.5) is 4.79 Å². The molecule has 2 N–H and O–H groups in total. The van der Waals surface area contributed by atoms with Crippen molar-refractivity contribution in [1.82, 2.24) is 10.6 Å². The highest BCUT2D eigenvalue weighted by atomic mass is 32.2.